The van der Waals surface area contributed by atoms with Crippen molar-refractivity contribution in [3.05, 3.63) is 24.0 Å². The molecule has 0 bridgehead atoms. The van der Waals surface area contributed by atoms with Crippen LogP contribution in [0.5, 0.6) is 0 Å². The lowest BCUT2D eigenvalue weighted by Gasteiger charge is -2.26. The van der Waals surface area contributed by atoms with Gasteiger partial charge in [-0.2, -0.15) is 10.1 Å². The quantitative estimate of drug-likeness (QED) is 0.904. The van der Waals surface area contributed by atoms with E-state index in [0.29, 0.717) is 5.92 Å². The van der Waals surface area contributed by atoms with Gasteiger partial charge in [0.05, 0.1) is 0 Å². The fraction of sp³-hybridized carbons (Fsp3) is 0.533. The van der Waals surface area contributed by atoms with Crippen LogP contribution in [-0.4, -0.2) is 33.3 Å². The third-order valence-electron chi connectivity index (χ3n) is 4.15. The summed E-state index contributed by atoms with van der Waals surface area (Å²) in [7, 11) is 0. The highest BCUT2D eigenvalue weighted by atomic mass is 15.3. The first-order chi connectivity index (χ1) is 10.4. The minimum absolute atomic E-state index is 0. The summed E-state index contributed by atoms with van der Waals surface area (Å²) in [6, 6.07) is 3.97. The highest BCUT2D eigenvalue weighted by molar-refractivity contribution is 5.53. The van der Waals surface area contributed by atoms with Crippen molar-refractivity contribution in [2.45, 2.75) is 38.0 Å². The second kappa shape index (κ2) is 5.35. The van der Waals surface area contributed by atoms with Gasteiger partial charge in [0.2, 0.25) is 5.95 Å². The summed E-state index contributed by atoms with van der Waals surface area (Å²) < 4.78 is 0. The Balaban J connectivity index is 0.00000144. The van der Waals surface area contributed by atoms with Crippen LogP contribution in [-0.2, 0) is 0 Å². The van der Waals surface area contributed by atoms with Crippen LogP contribution in [0.2, 0.25) is 0 Å². The maximum atomic E-state index is 4.61. The highest BCUT2D eigenvalue weighted by Crippen LogP contribution is 2.39. The van der Waals surface area contributed by atoms with E-state index in [-0.39, 0.29) is 1.43 Å². The summed E-state index contributed by atoms with van der Waals surface area (Å²) in [6.45, 7) is 2.11. The summed E-state index contributed by atoms with van der Waals surface area (Å²) in [4.78, 5) is 11.3. The van der Waals surface area contributed by atoms with Gasteiger partial charge in [0.25, 0.3) is 0 Å². The lowest BCUT2D eigenvalue weighted by molar-refractivity contribution is 0.568. The Morgan fingerprint density at radius 2 is 2.05 bits per heavy atom. The average molecular weight is 286 g/mol. The first-order valence-electron chi connectivity index (χ1n) is 7.79. The second-order valence-electron chi connectivity index (χ2n) is 5.90. The van der Waals surface area contributed by atoms with Crippen molar-refractivity contribution in [2.75, 3.05) is 23.3 Å². The molecular formula is C15H22N6. The molecule has 112 valence electrons. The van der Waals surface area contributed by atoms with Crippen LogP contribution >= 0.6 is 0 Å². The van der Waals surface area contributed by atoms with Crippen molar-refractivity contribution >= 4 is 17.6 Å². The molecule has 1 saturated carbocycles. The Labute approximate surface area is 125 Å². The third kappa shape index (κ3) is 2.84. The van der Waals surface area contributed by atoms with Crippen LogP contribution in [0.25, 0.3) is 0 Å². The number of nitrogens with one attached hydrogen (secondary N) is 2. The normalized spacial score (nSPS) is 18.8. The van der Waals surface area contributed by atoms with Gasteiger partial charge in [0.1, 0.15) is 5.82 Å². The molecule has 4 rings (SSSR count). The molecule has 6 nitrogen and oxygen atoms in total. The molecule has 21 heavy (non-hydrogen) atoms. The molecule has 3 heterocycles. The minimum atomic E-state index is 0. The number of rotatable bonds is 4. The first kappa shape index (κ1) is 12.6. The zero-order valence-corrected chi connectivity index (χ0v) is 12.0. The molecule has 6 heteroatoms. The number of piperidine rings is 1. The van der Waals surface area contributed by atoms with E-state index in [1.165, 1.54) is 37.8 Å². The number of nitrogens with zero attached hydrogens (tertiary/aromatic N) is 4. The fourth-order valence-corrected chi connectivity index (χ4v) is 2.80. The Bertz CT molecular complexity index is 618. The van der Waals surface area contributed by atoms with E-state index in [4.69, 9.17) is 0 Å². The van der Waals surface area contributed by atoms with E-state index in [9.17, 15) is 0 Å². The van der Waals surface area contributed by atoms with Crippen LogP contribution in [0, 0.1) is 0 Å². The molecular weight excluding hydrogens is 264 g/mol. The number of hydrogen-bond acceptors (Lipinski definition) is 5. The molecule has 1 saturated heterocycles. The van der Waals surface area contributed by atoms with Gasteiger partial charge >= 0.3 is 0 Å². The molecule has 2 aliphatic rings. The molecule has 2 N–H and O–H groups in total. The molecule has 1 aliphatic heterocycles. The number of hydrogen-bond donors (Lipinski definition) is 2. The zero-order chi connectivity index (χ0) is 14.1. The fourth-order valence-electron chi connectivity index (χ4n) is 2.80. The van der Waals surface area contributed by atoms with Crippen LogP contribution in [0.4, 0.5) is 17.6 Å². The van der Waals surface area contributed by atoms with Crippen molar-refractivity contribution in [3.63, 3.8) is 0 Å². The summed E-state index contributed by atoms with van der Waals surface area (Å²) in [5, 5.41) is 10.7. The first-order valence-corrected chi connectivity index (χ1v) is 7.79. The minimum Gasteiger partial charge on any atom is -0.341 e. The van der Waals surface area contributed by atoms with Gasteiger partial charge in [-0.25, -0.2) is 4.98 Å². The molecule has 2 fully saturated rings. The van der Waals surface area contributed by atoms with Crippen molar-refractivity contribution in [1.82, 2.24) is 20.2 Å². The molecule has 1 aliphatic carbocycles. The Kier molecular flexibility index (Phi) is 3.21. The van der Waals surface area contributed by atoms with Crippen LogP contribution in [0.3, 0.4) is 0 Å². The average Bonchev–Trinajstić information content (AvgIpc) is 3.29. The van der Waals surface area contributed by atoms with Gasteiger partial charge in [0, 0.05) is 38.4 Å². The van der Waals surface area contributed by atoms with Crippen LogP contribution in [0.1, 0.15) is 45.1 Å². The predicted octanol–water partition coefficient (Wildman–Crippen LogP) is 3.06. The highest BCUT2D eigenvalue weighted by Gasteiger charge is 2.25. The van der Waals surface area contributed by atoms with Gasteiger partial charge in [-0.05, 0) is 38.2 Å². The van der Waals surface area contributed by atoms with E-state index < -0.39 is 0 Å². The van der Waals surface area contributed by atoms with E-state index in [1.54, 1.807) is 0 Å². The van der Waals surface area contributed by atoms with Gasteiger partial charge in [-0.15, -0.1) is 0 Å². The van der Waals surface area contributed by atoms with Gasteiger partial charge in [0.15, 0.2) is 5.82 Å². The van der Waals surface area contributed by atoms with Gasteiger partial charge in [-0.1, -0.05) is 0 Å². The molecule has 0 aromatic carbocycles. The van der Waals surface area contributed by atoms with E-state index >= 15 is 0 Å². The topological polar surface area (TPSA) is 69.7 Å². The van der Waals surface area contributed by atoms with E-state index in [2.05, 4.69) is 36.4 Å². The Morgan fingerprint density at radius 1 is 1.19 bits per heavy atom. The molecule has 2 aromatic rings. The smallest absolute Gasteiger partial charge is 0.227 e. The van der Waals surface area contributed by atoms with E-state index in [0.717, 1.165) is 30.7 Å². The summed E-state index contributed by atoms with van der Waals surface area (Å²) in [5.74, 6) is 3.14. The maximum Gasteiger partial charge on any atom is 0.227 e. The molecule has 0 spiro atoms. The second-order valence-corrected chi connectivity index (χ2v) is 5.90. The molecule has 2 aromatic heterocycles. The largest absolute Gasteiger partial charge is 0.341 e. The van der Waals surface area contributed by atoms with Crippen LogP contribution < -0.4 is 10.2 Å². The number of anilines is 3. The Hall–Kier alpha value is -2.11. The number of H-pyrrole nitrogens is 1. The van der Waals surface area contributed by atoms with Crippen molar-refractivity contribution < 1.29 is 1.43 Å². The molecule has 0 radical (unpaired) electrons. The summed E-state index contributed by atoms with van der Waals surface area (Å²) in [5.41, 5.74) is 1.22. The zero-order valence-electron chi connectivity index (χ0n) is 12.0. The Morgan fingerprint density at radius 3 is 2.86 bits per heavy atom. The SMILES string of the molecule is [HH].c1cc(Nc2cc(C3CC3)[nH]n2)nc(N2CCCCC2)n1. The van der Waals surface area contributed by atoms with Crippen molar-refractivity contribution in [2.24, 2.45) is 0 Å². The molecule has 0 amide bonds. The monoisotopic (exact) mass is 286 g/mol. The summed E-state index contributed by atoms with van der Waals surface area (Å²) >= 11 is 0. The lowest BCUT2D eigenvalue weighted by atomic mass is 10.1. The molecule has 0 atom stereocenters. The van der Waals surface area contributed by atoms with E-state index in [1.807, 2.05) is 12.3 Å². The lowest BCUT2D eigenvalue weighted by Crippen LogP contribution is -2.31. The number of aromatic amines is 1. The predicted molar refractivity (Wildman–Crippen MR) is 84.1 cm³/mol. The maximum absolute atomic E-state index is 4.61. The van der Waals surface area contributed by atoms with Gasteiger partial charge < -0.3 is 10.2 Å². The van der Waals surface area contributed by atoms with Crippen LogP contribution in [0.15, 0.2) is 18.3 Å². The number of aromatic nitrogens is 4. The van der Waals surface area contributed by atoms with Gasteiger partial charge in [-0.3, -0.25) is 5.10 Å². The third-order valence-corrected chi connectivity index (χ3v) is 4.15. The summed E-state index contributed by atoms with van der Waals surface area (Å²) in [6.07, 6.45) is 8.12. The standard InChI is InChI=1S/C15H20N6.H2/c1-2-8-21(9-3-1)15-16-7-6-13(18-15)17-14-10-12(19-20-14)11-4-5-11;/h6-7,10-11H,1-5,8-9H2,(H2,16,17,18,19,20);1H. The molecule has 0 unspecified atom stereocenters. The van der Waals surface area contributed by atoms with Crippen molar-refractivity contribution in [1.29, 1.82) is 0 Å². The van der Waals surface area contributed by atoms with Crippen molar-refractivity contribution in [3.8, 4) is 0 Å².